The molecule has 0 heterocycles. The highest BCUT2D eigenvalue weighted by Crippen LogP contribution is 2.25. The molecule has 0 spiro atoms. The molecular weight excluding hydrogens is 100 g/mol. The Morgan fingerprint density at radius 3 is 2.62 bits per heavy atom. The standard InChI is InChI=1S/C6H10N2/c1-5-2-6(3-5)8-4-7/h5-6,8H,2-3H2,1H3. The summed E-state index contributed by atoms with van der Waals surface area (Å²) in [5, 5.41) is 10.8. The molecule has 1 rings (SSSR count). The summed E-state index contributed by atoms with van der Waals surface area (Å²) < 4.78 is 0. The molecule has 0 amide bonds. The van der Waals surface area contributed by atoms with Crippen LogP contribution in [0.1, 0.15) is 19.8 Å². The quantitative estimate of drug-likeness (QED) is 0.401. The van der Waals surface area contributed by atoms with E-state index in [9.17, 15) is 0 Å². The fourth-order valence-electron chi connectivity index (χ4n) is 1.11. The summed E-state index contributed by atoms with van der Waals surface area (Å²) in [5.74, 6) is 0.834. The topological polar surface area (TPSA) is 35.8 Å². The summed E-state index contributed by atoms with van der Waals surface area (Å²) in [7, 11) is 0. The van der Waals surface area contributed by atoms with Gasteiger partial charge in [-0.2, -0.15) is 5.26 Å². The second-order valence-corrected chi connectivity index (χ2v) is 2.53. The van der Waals surface area contributed by atoms with E-state index < -0.39 is 0 Å². The molecule has 0 saturated heterocycles. The average Bonchev–Trinajstić information content (AvgIpc) is 1.64. The Morgan fingerprint density at radius 1 is 1.62 bits per heavy atom. The first-order chi connectivity index (χ1) is 3.83. The first-order valence-corrected chi connectivity index (χ1v) is 2.97. The van der Waals surface area contributed by atoms with Crippen molar-refractivity contribution in [2.75, 3.05) is 0 Å². The van der Waals surface area contributed by atoms with Crippen molar-refractivity contribution in [3.05, 3.63) is 0 Å². The molecule has 0 radical (unpaired) electrons. The van der Waals surface area contributed by atoms with E-state index in [2.05, 4.69) is 12.2 Å². The third-order valence-corrected chi connectivity index (χ3v) is 1.64. The second kappa shape index (κ2) is 2.04. The maximum absolute atomic E-state index is 8.13. The van der Waals surface area contributed by atoms with Crippen molar-refractivity contribution in [2.45, 2.75) is 25.8 Å². The molecule has 0 aromatic rings. The first kappa shape index (κ1) is 5.43. The number of nitriles is 1. The van der Waals surface area contributed by atoms with Crippen molar-refractivity contribution in [2.24, 2.45) is 5.92 Å². The minimum atomic E-state index is 0.495. The molecule has 1 saturated carbocycles. The largest absolute Gasteiger partial charge is 0.321 e. The molecule has 0 aliphatic heterocycles. The summed E-state index contributed by atoms with van der Waals surface area (Å²) in [5.41, 5.74) is 0. The van der Waals surface area contributed by atoms with Gasteiger partial charge in [-0.1, -0.05) is 6.92 Å². The molecule has 0 bridgehead atoms. The summed E-state index contributed by atoms with van der Waals surface area (Å²) in [6.07, 6.45) is 4.29. The van der Waals surface area contributed by atoms with E-state index in [4.69, 9.17) is 5.26 Å². The minimum Gasteiger partial charge on any atom is -0.321 e. The predicted octanol–water partition coefficient (Wildman–Crippen LogP) is 0.856. The van der Waals surface area contributed by atoms with E-state index in [1.165, 1.54) is 12.8 Å². The van der Waals surface area contributed by atoms with Crippen LogP contribution in [0.2, 0.25) is 0 Å². The zero-order valence-electron chi connectivity index (χ0n) is 5.02. The van der Waals surface area contributed by atoms with E-state index in [1.807, 2.05) is 6.19 Å². The van der Waals surface area contributed by atoms with Crippen LogP contribution in [0.15, 0.2) is 0 Å². The average molecular weight is 110 g/mol. The SMILES string of the molecule is CC1CC(NC#N)C1. The molecule has 0 aromatic heterocycles. The highest BCUT2D eigenvalue weighted by molar-refractivity contribution is 4.86. The van der Waals surface area contributed by atoms with Crippen LogP contribution in [0.5, 0.6) is 0 Å². The van der Waals surface area contributed by atoms with Gasteiger partial charge in [0.15, 0.2) is 6.19 Å². The summed E-state index contributed by atoms with van der Waals surface area (Å²) in [6, 6.07) is 0.495. The smallest absolute Gasteiger partial charge is 0.176 e. The third-order valence-electron chi connectivity index (χ3n) is 1.64. The molecule has 1 N–H and O–H groups in total. The molecule has 0 aromatic carbocycles. The van der Waals surface area contributed by atoms with Crippen LogP contribution in [-0.4, -0.2) is 6.04 Å². The molecule has 2 nitrogen and oxygen atoms in total. The van der Waals surface area contributed by atoms with Crippen LogP contribution >= 0.6 is 0 Å². The second-order valence-electron chi connectivity index (χ2n) is 2.53. The molecule has 44 valence electrons. The van der Waals surface area contributed by atoms with Gasteiger partial charge < -0.3 is 5.32 Å². The fourth-order valence-corrected chi connectivity index (χ4v) is 1.11. The third kappa shape index (κ3) is 0.919. The molecule has 8 heavy (non-hydrogen) atoms. The molecular formula is C6H10N2. The Bertz CT molecular complexity index is 108. The highest BCUT2D eigenvalue weighted by Gasteiger charge is 2.24. The van der Waals surface area contributed by atoms with Gasteiger partial charge in [-0.15, -0.1) is 0 Å². The monoisotopic (exact) mass is 110 g/mol. The molecule has 1 aliphatic rings. The highest BCUT2D eigenvalue weighted by atomic mass is 14.9. The Balaban J connectivity index is 2.09. The minimum absolute atomic E-state index is 0.495. The van der Waals surface area contributed by atoms with E-state index in [0.717, 1.165) is 5.92 Å². The Labute approximate surface area is 49.5 Å². The van der Waals surface area contributed by atoms with E-state index in [0.29, 0.717) is 6.04 Å². The van der Waals surface area contributed by atoms with Gasteiger partial charge in [0.25, 0.3) is 0 Å². The number of nitrogens with one attached hydrogen (secondary N) is 1. The zero-order chi connectivity index (χ0) is 5.98. The van der Waals surface area contributed by atoms with Gasteiger partial charge in [0.05, 0.1) is 0 Å². The van der Waals surface area contributed by atoms with Gasteiger partial charge in [-0.25, -0.2) is 0 Å². The lowest BCUT2D eigenvalue weighted by Crippen LogP contribution is -2.37. The zero-order valence-corrected chi connectivity index (χ0v) is 5.02. The van der Waals surface area contributed by atoms with E-state index in [-0.39, 0.29) is 0 Å². The lowest BCUT2D eigenvalue weighted by atomic mass is 9.82. The normalized spacial score (nSPS) is 35.0. The van der Waals surface area contributed by atoms with Crippen molar-refractivity contribution in [3.8, 4) is 6.19 Å². The van der Waals surface area contributed by atoms with Crippen LogP contribution in [0.3, 0.4) is 0 Å². The molecule has 0 unspecified atom stereocenters. The van der Waals surface area contributed by atoms with Crippen molar-refractivity contribution < 1.29 is 0 Å². The Kier molecular flexibility index (Phi) is 1.38. The van der Waals surface area contributed by atoms with Crippen molar-refractivity contribution in [1.82, 2.24) is 5.32 Å². The van der Waals surface area contributed by atoms with E-state index >= 15 is 0 Å². The van der Waals surface area contributed by atoms with Gasteiger partial charge in [0, 0.05) is 6.04 Å². The van der Waals surface area contributed by atoms with E-state index in [1.54, 1.807) is 0 Å². The van der Waals surface area contributed by atoms with Gasteiger partial charge in [0.1, 0.15) is 0 Å². The first-order valence-electron chi connectivity index (χ1n) is 2.97. The number of nitrogens with zero attached hydrogens (tertiary/aromatic N) is 1. The van der Waals surface area contributed by atoms with Gasteiger partial charge in [-0.05, 0) is 18.8 Å². The van der Waals surface area contributed by atoms with Crippen molar-refractivity contribution in [3.63, 3.8) is 0 Å². The summed E-state index contributed by atoms with van der Waals surface area (Å²) >= 11 is 0. The maximum atomic E-state index is 8.13. The van der Waals surface area contributed by atoms with Crippen LogP contribution in [0, 0.1) is 17.4 Å². The maximum Gasteiger partial charge on any atom is 0.176 e. The predicted molar refractivity (Wildman–Crippen MR) is 30.9 cm³/mol. The van der Waals surface area contributed by atoms with Crippen LogP contribution in [0.25, 0.3) is 0 Å². The molecule has 0 atom stereocenters. The fraction of sp³-hybridized carbons (Fsp3) is 0.833. The Morgan fingerprint density at radius 2 is 2.25 bits per heavy atom. The van der Waals surface area contributed by atoms with Crippen LogP contribution < -0.4 is 5.32 Å². The van der Waals surface area contributed by atoms with Gasteiger partial charge >= 0.3 is 0 Å². The van der Waals surface area contributed by atoms with Gasteiger partial charge in [-0.3, -0.25) is 0 Å². The lowest BCUT2D eigenvalue weighted by Gasteiger charge is -2.30. The molecule has 1 fully saturated rings. The number of hydrogen-bond donors (Lipinski definition) is 1. The van der Waals surface area contributed by atoms with Crippen molar-refractivity contribution >= 4 is 0 Å². The summed E-state index contributed by atoms with van der Waals surface area (Å²) in [6.45, 7) is 2.20. The number of hydrogen-bond acceptors (Lipinski definition) is 2. The van der Waals surface area contributed by atoms with Crippen LogP contribution in [0.4, 0.5) is 0 Å². The van der Waals surface area contributed by atoms with Crippen LogP contribution in [-0.2, 0) is 0 Å². The molecule has 1 aliphatic carbocycles. The lowest BCUT2D eigenvalue weighted by molar-refractivity contribution is 0.264. The number of rotatable bonds is 1. The van der Waals surface area contributed by atoms with Crippen molar-refractivity contribution in [1.29, 1.82) is 5.26 Å². The Hall–Kier alpha value is -0.710. The summed E-state index contributed by atoms with van der Waals surface area (Å²) in [4.78, 5) is 0. The molecule has 2 heteroatoms. The van der Waals surface area contributed by atoms with Gasteiger partial charge in [0.2, 0.25) is 0 Å².